The van der Waals surface area contributed by atoms with Gasteiger partial charge in [-0.25, -0.2) is 9.18 Å². The van der Waals surface area contributed by atoms with Gasteiger partial charge < -0.3 is 23.8 Å². The van der Waals surface area contributed by atoms with Gasteiger partial charge in [-0.1, -0.05) is 18.2 Å². The summed E-state index contributed by atoms with van der Waals surface area (Å²) in [6, 6.07) is 9.01. The first-order valence-corrected chi connectivity index (χ1v) is 8.35. The molecule has 0 unspecified atom stereocenters. The van der Waals surface area contributed by atoms with E-state index in [1.807, 2.05) is 0 Å². The zero-order chi connectivity index (χ0) is 20.7. The number of amides is 1. The smallest absolute Gasteiger partial charge is 0.338 e. The fourth-order valence-corrected chi connectivity index (χ4v) is 2.49. The third kappa shape index (κ3) is 4.91. The molecule has 0 bridgehead atoms. The number of likely N-dealkylation sites (N-methyl/N-ethyl adjacent to an activating group) is 1. The summed E-state index contributed by atoms with van der Waals surface area (Å²) in [4.78, 5) is 25.8. The summed E-state index contributed by atoms with van der Waals surface area (Å²) in [5.41, 5.74) is 0.508. The van der Waals surface area contributed by atoms with E-state index in [4.69, 9.17) is 18.9 Å². The van der Waals surface area contributed by atoms with Crippen molar-refractivity contribution >= 4 is 11.9 Å². The Morgan fingerprint density at radius 2 is 1.61 bits per heavy atom. The zero-order valence-electron chi connectivity index (χ0n) is 16.2. The van der Waals surface area contributed by atoms with Crippen LogP contribution >= 0.6 is 0 Å². The fourth-order valence-electron chi connectivity index (χ4n) is 2.49. The van der Waals surface area contributed by atoms with Crippen LogP contribution in [0.4, 0.5) is 4.39 Å². The van der Waals surface area contributed by atoms with Gasteiger partial charge in [-0.05, 0) is 18.2 Å². The van der Waals surface area contributed by atoms with Gasteiger partial charge in [0.25, 0.3) is 5.91 Å². The molecule has 0 heterocycles. The number of carbonyl (C=O) groups is 2. The Morgan fingerprint density at radius 3 is 2.14 bits per heavy atom. The highest BCUT2D eigenvalue weighted by molar-refractivity contribution is 5.92. The molecular weight excluding hydrogens is 369 g/mol. The van der Waals surface area contributed by atoms with Crippen molar-refractivity contribution in [3.05, 3.63) is 53.3 Å². The standard InChI is InChI=1S/C20H22FNO6/c1-22(11-13-7-5-6-8-15(13)21)18(23)12-28-20(24)14-9-16(25-2)19(27-4)17(10-14)26-3/h5-10H,11-12H2,1-4H3. The van der Waals surface area contributed by atoms with Crippen LogP contribution in [0.2, 0.25) is 0 Å². The first-order chi connectivity index (χ1) is 13.4. The minimum atomic E-state index is -0.730. The number of hydrogen-bond donors (Lipinski definition) is 0. The van der Waals surface area contributed by atoms with Crippen molar-refractivity contribution < 1.29 is 32.9 Å². The molecule has 2 rings (SSSR count). The highest BCUT2D eigenvalue weighted by Crippen LogP contribution is 2.38. The second kappa shape index (κ2) is 9.59. The molecule has 0 fully saturated rings. The molecule has 0 aliphatic rings. The summed E-state index contributed by atoms with van der Waals surface area (Å²) in [6.07, 6.45) is 0. The molecule has 2 aromatic rings. The molecule has 28 heavy (non-hydrogen) atoms. The maximum absolute atomic E-state index is 13.7. The van der Waals surface area contributed by atoms with Gasteiger partial charge in [-0.3, -0.25) is 4.79 Å². The van der Waals surface area contributed by atoms with E-state index in [9.17, 15) is 14.0 Å². The van der Waals surface area contributed by atoms with E-state index in [1.54, 1.807) is 18.2 Å². The summed E-state index contributed by atoms with van der Waals surface area (Å²) < 4.78 is 34.3. The molecule has 1 amide bonds. The molecule has 0 aliphatic carbocycles. The van der Waals surface area contributed by atoms with Crippen LogP contribution in [0.3, 0.4) is 0 Å². The van der Waals surface area contributed by atoms with Crippen LogP contribution in [-0.2, 0) is 16.1 Å². The predicted molar refractivity (Wildman–Crippen MR) is 99.3 cm³/mol. The molecule has 0 atom stereocenters. The highest BCUT2D eigenvalue weighted by Gasteiger charge is 2.19. The van der Waals surface area contributed by atoms with Gasteiger partial charge in [-0.15, -0.1) is 0 Å². The number of rotatable bonds is 8. The van der Waals surface area contributed by atoms with E-state index >= 15 is 0 Å². The van der Waals surface area contributed by atoms with Crippen LogP contribution in [0.1, 0.15) is 15.9 Å². The third-order valence-corrected chi connectivity index (χ3v) is 4.02. The van der Waals surface area contributed by atoms with Gasteiger partial charge in [0.2, 0.25) is 5.75 Å². The molecular formula is C20H22FNO6. The molecule has 150 valence electrons. The minimum Gasteiger partial charge on any atom is -0.493 e. The first-order valence-electron chi connectivity index (χ1n) is 8.35. The number of esters is 1. The zero-order valence-corrected chi connectivity index (χ0v) is 16.2. The van der Waals surface area contributed by atoms with Gasteiger partial charge in [0.15, 0.2) is 18.1 Å². The maximum atomic E-state index is 13.7. The number of benzene rings is 2. The Kier molecular flexibility index (Phi) is 7.20. The summed E-state index contributed by atoms with van der Waals surface area (Å²) in [6.45, 7) is -0.423. The molecule has 0 aliphatic heterocycles. The predicted octanol–water partition coefficient (Wildman–Crippen LogP) is 2.67. The van der Waals surface area contributed by atoms with Gasteiger partial charge in [0.1, 0.15) is 5.82 Å². The van der Waals surface area contributed by atoms with E-state index in [0.29, 0.717) is 11.3 Å². The number of halogens is 1. The van der Waals surface area contributed by atoms with Crippen molar-refractivity contribution in [1.82, 2.24) is 4.90 Å². The number of ether oxygens (including phenoxy) is 4. The Bertz CT molecular complexity index is 829. The van der Waals surface area contributed by atoms with Crippen molar-refractivity contribution in [2.75, 3.05) is 35.0 Å². The lowest BCUT2D eigenvalue weighted by Crippen LogP contribution is -2.31. The largest absolute Gasteiger partial charge is 0.493 e. The summed E-state index contributed by atoms with van der Waals surface area (Å²) in [5, 5.41) is 0. The van der Waals surface area contributed by atoms with E-state index in [2.05, 4.69) is 0 Å². The van der Waals surface area contributed by atoms with Crippen LogP contribution in [0.25, 0.3) is 0 Å². The average molecular weight is 391 g/mol. The number of hydrogen-bond acceptors (Lipinski definition) is 6. The third-order valence-electron chi connectivity index (χ3n) is 4.02. The topological polar surface area (TPSA) is 74.3 Å². The van der Waals surface area contributed by atoms with Crippen molar-refractivity contribution in [2.45, 2.75) is 6.54 Å². The molecule has 2 aromatic carbocycles. The fraction of sp³-hybridized carbons (Fsp3) is 0.300. The monoisotopic (exact) mass is 391 g/mol. The SMILES string of the molecule is COc1cc(C(=O)OCC(=O)N(C)Cc2ccccc2F)cc(OC)c1OC. The van der Waals surface area contributed by atoms with Crippen molar-refractivity contribution in [3.8, 4) is 17.2 Å². The molecule has 0 N–H and O–H groups in total. The van der Waals surface area contributed by atoms with Gasteiger partial charge in [-0.2, -0.15) is 0 Å². The lowest BCUT2D eigenvalue weighted by molar-refractivity contribution is -0.133. The lowest BCUT2D eigenvalue weighted by Gasteiger charge is -2.18. The van der Waals surface area contributed by atoms with Gasteiger partial charge in [0, 0.05) is 19.2 Å². The van der Waals surface area contributed by atoms with Crippen LogP contribution in [0.5, 0.6) is 17.2 Å². The quantitative estimate of drug-likeness (QED) is 0.644. The highest BCUT2D eigenvalue weighted by atomic mass is 19.1. The Hall–Kier alpha value is -3.29. The second-order valence-electron chi connectivity index (χ2n) is 5.83. The Balaban J connectivity index is 2.03. The first kappa shape index (κ1) is 21.0. The average Bonchev–Trinajstić information content (AvgIpc) is 2.71. The van der Waals surface area contributed by atoms with Crippen LogP contribution in [-0.4, -0.2) is 51.8 Å². The number of nitrogens with zero attached hydrogens (tertiary/aromatic N) is 1. The van der Waals surface area contributed by atoms with Gasteiger partial charge >= 0.3 is 5.97 Å². The van der Waals surface area contributed by atoms with E-state index in [-0.39, 0.29) is 23.6 Å². The van der Waals surface area contributed by atoms with Crippen molar-refractivity contribution in [1.29, 1.82) is 0 Å². The lowest BCUT2D eigenvalue weighted by atomic mass is 10.2. The van der Waals surface area contributed by atoms with Crippen LogP contribution in [0, 0.1) is 5.82 Å². The number of methoxy groups -OCH3 is 3. The molecule has 0 radical (unpaired) electrons. The van der Waals surface area contributed by atoms with Crippen molar-refractivity contribution in [3.63, 3.8) is 0 Å². The van der Waals surface area contributed by atoms with E-state index in [1.165, 1.54) is 51.5 Å². The Morgan fingerprint density at radius 1 is 1.00 bits per heavy atom. The molecule has 0 saturated carbocycles. The molecule has 0 aromatic heterocycles. The Labute approximate surface area is 162 Å². The van der Waals surface area contributed by atoms with E-state index < -0.39 is 24.3 Å². The van der Waals surface area contributed by atoms with Crippen LogP contribution < -0.4 is 14.2 Å². The second-order valence-corrected chi connectivity index (χ2v) is 5.83. The van der Waals surface area contributed by atoms with Gasteiger partial charge in [0.05, 0.1) is 26.9 Å². The molecule has 0 spiro atoms. The van der Waals surface area contributed by atoms with Crippen LogP contribution in [0.15, 0.2) is 36.4 Å². The minimum absolute atomic E-state index is 0.0627. The summed E-state index contributed by atoms with van der Waals surface area (Å²) in [5.74, 6) is -0.691. The normalized spacial score (nSPS) is 10.2. The summed E-state index contributed by atoms with van der Waals surface area (Å²) in [7, 11) is 5.80. The molecule has 0 saturated heterocycles. The number of carbonyl (C=O) groups excluding carboxylic acids is 2. The molecule has 8 heteroatoms. The van der Waals surface area contributed by atoms with Crippen molar-refractivity contribution in [2.24, 2.45) is 0 Å². The maximum Gasteiger partial charge on any atom is 0.338 e. The summed E-state index contributed by atoms with van der Waals surface area (Å²) >= 11 is 0. The molecule has 7 nitrogen and oxygen atoms in total. The van der Waals surface area contributed by atoms with E-state index in [0.717, 1.165) is 0 Å².